The predicted octanol–water partition coefficient (Wildman–Crippen LogP) is 7.59. The van der Waals surface area contributed by atoms with Gasteiger partial charge in [-0.15, -0.1) is 0 Å². The van der Waals surface area contributed by atoms with Crippen molar-refractivity contribution in [3.05, 3.63) is 0 Å². The summed E-state index contributed by atoms with van der Waals surface area (Å²) in [5, 5.41) is 0. The lowest BCUT2D eigenvalue weighted by atomic mass is 9.77. The fourth-order valence-electron chi connectivity index (χ4n) is 6.46. The van der Waals surface area contributed by atoms with E-state index in [4.69, 9.17) is 0 Å². The third-order valence-electron chi connectivity index (χ3n) is 8.09. The van der Waals surface area contributed by atoms with Crippen molar-refractivity contribution in [2.45, 2.75) is 135 Å². The predicted molar refractivity (Wildman–Crippen MR) is 115 cm³/mol. The van der Waals surface area contributed by atoms with Gasteiger partial charge in [-0.25, -0.2) is 0 Å². The lowest BCUT2D eigenvalue weighted by molar-refractivity contribution is 0.221. The van der Waals surface area contributed by atoms with Gasteiger partial charge in [0, 0.05) is 18.6 Å². The van der Waals surface area contributed by atoms with Crippen molar-refractivity contribution >= 4 is 0 Å². The Bertz CT molecular complexity index is 372. The van der Waals surface area contributed by atoms with E-state index in [1.165, 1.54) is 90.0 Å². The molecule has 0 N–H and O–H groups in total. The van der Waals surface area contributed by atoms with E-state index in [1.54, 1.807) is 25.7 Å². The minimum absolute atomic E-state index is 0.948. The molecule has 26 heavy (non-hydrogen) atoms. The third kappa shape index (κ3) is 5.98. The zero-order valence-corrected chi connectivity index (χ0v) is 18.1. The van der Waals surface area contributed by atoms with E-state index in [2.05, 4.69) is 18.7 Å². The topological polar surface area (TPSA) is 3.01 Å². The first-order valence-electron chi connectivity index (χ1n) is 12.6. The van der Waals surface area contributed by atoms with Gasteiger partial charge in [-0.2, -0.15) is 0 Å². The second-order valence-electron chi connectivity index (χ2n) is 9.98. The van der Waals surface area contributed by atoms with Crippen LogP contribution in [-0.4, -0.2) is 23.5 Å². The Morgan fingerprint density at radius 2 is 1.46 bits per heavy atom. The van der Waals surface area contributed by atoms with Gasteiger partial charge in [0.15, 0.2) is 0 Å². The summed E-state index contributed by atoms with van der Waals surface area (Å²) in [7, 11) is 0. The highest BCUT2D eigenvalue weighted by molar-refractivity contribution is 4.99. The second-order valence-corrected chi connectivity index (χ2v) is 9.98. The molecule has 1 saturated heterocycles. The van der Waals surface area contributed by atoms with Gasteiger partial charge in [0.2, 0.25) is 0 Å². The van der Waals surface area contributed by atoms with Gasteiger partial charge in [0.1, 0.15) is 0 Å². The van der Waals surface area contributed by atoms with Crippen LogP contribution in [0.25, 0.3) is 0 Å². The van der Waals surface area contributed by atoms with Crippen molar-refractivity contribution in [1.82, 2.24) is 4.90 Å². The Morgan fingerprint density at radius 3 is 2.23 bits per heavy atom. The molecule has 2 aliphatic carbocycles. The van der Waals surface area contributed by atoms with Crippen LogP contribution in [0.5, 0.6) is 0 Å². The average molecular weight is 362 g/mol. The Balaban J connectivity index is 1.42. The Labute approximate surface area is 164 Å². The van der Waals surface area contributed by atoms with Crippen LogP contribution in [0.2, 0.25) is 0 Å². The maximum absolute atomic E-state index is 2.95. The lowest BCUT2D eigenvalue weighted by Crippen LogP contribution is -2.24. The van der Waals surface area contributed by atoms with Crippen molar-refractivity contribution in [3.8, 4) is 0 Å². The molecule has 2 saturated carbocycles. The highest BCUT2D eigenvalue weighted by Crippen LogP contribution is 2.42. The molecule has 3 fully saturated rings. The summed E-state index contributed by atoms with van der Waals surface area (Å²) >= 11 is 0. The molecule has 1 heterocycles. The van der Waals surface area contributed by atoms with Gasteiger partial charge in [-0.1, -0.05) is 90.9 Å². The summed E-state index contributed by atoms with van der Waals surface area (Å²) in [5.74, 6) is 3.19. The first-order chi connectivity index (χ1) is 12.8. The van der Waals surface area contributed by atoms with Crippen LogP contribution < -0.4 is 0 Å². The van der Waals surface area contributed by atoms with Crippen molar-refractivity contribution in [2.75, 3.05) is 6.54 Å². The van der Waals surface area contributed by atoms with Gasteiger partial charge < -0.3 is 0 Å². The van der Waals surface area contributed by atoms with E-state index in [0.717, 1.165) is 29.8 Å². The molecule has 152 valence electrons. The summed E-state index contributed by atoms with van der Waals surface area (Å²) in [4.78, 5) is 2.95. The number of nitrogens with zero attached hydrogens (tertiary/aromatic N) is 1. The minimum Gasteiger partial charge on any atom is -0.294 e. The number of rotatable bonds is 10. The van der Waals surface area contributed by atoms with Crippen LogP contribution in [0.4, 0.5) is 0 Å². The normalized spacial score (nSPS) is 34.4. The Morgan fingerprint density at radius 1 is 0.692 bits per heavy atom. The Kier molecular flexibility index (Phi) is 8.82. The smallest absolute Gasteiger partial charge is 0.0255 e. The maximum Gasteiger partial charge on any atom is 0.0255 e. The average Bonchev–Trinajstić information content (AvgIpc) is 3.48. The molecule has 3 aliphatic rings. The first kappa shape index (κ1) is 20.7. The fourth-order valence-corrected chi connectivity index (χ4v) is 6.46. The molecule has 5 unspecified atom stereocenters. The van der Waals surface area contributed by atoms with Crippen molar-refractivity contribution in [1.29, 1.82) is 0 Å². The number of hydrogen-bond acceptors (Lipinski definition) is 1. The summed E-state index contributed by atoms with van der Waals surface area (Å²) in [5.41, 5.74) is 0. The SMILES string of the molecule is CCCCCCC(CCC)C1CN1C1CCCC(C2CCCCC2)CC1. The summed E-state index contributed by atoms with van der Waals surface area (Å²) in [6, 6.07) is 1.91. The van der Waals surface area contributed by atoms with Crippen molar-refractivity contribution in [2.24, 2.45) is 17.8 Å². The molecule has 1 aliphatic heterocycles. The molecule has 0 radical (unpaired) electrons. The largest absolute Gasteiger partial charge is 0.294 e. The van der Waals surface area contributed by atoms with Crippen LogP contribution >= 0.6 is 0 Å². The van der Waals surface area contributed by atoms with E-state index < -0.39 is 0 Å². The van der Waals surface area contributed by atoms with Gasteiger partial charge in [-0.05, 0) is 49.9 Å². The molecular weight excluding hydrogens is 314 g/mol. The van der Waals surface area contributed by atoms with Crippen LogP contribution in [0.3, 0.4) is 0 Å². The molecule has 5 atom stereocenters. The van der Waals surface area contributed by atoms with Crippen LogP contribution in [0.15, 0.2) is 0 Å². The zero-order valence-electron chi connectivity index (χ0n) is 18.1. The standard InChI is InChI=1S/C25H47N/c1-3-5-6-8-15-23(12-4-2)25-20-26(25)24-17-11-16-22(18-19-24)21-13-9-7-10-14-21/h21-25H,3-20H2,1-2H3. The quantitative estimate of drug-likeness (QED) is 0.220. The summed E-state index contributed by atoms with van der Waals surface area (Å²) in [6.07, 6.45) is 25.4. The van der Waals surface area contributed by atoms with Gasteiger partial charge in [0.05, 0.1) is 0 Å². The molecule has 0 bridgehead atoms. The Hall–Kier alpha value is -0.0400. The number of unbranched alkanes of at least 4 members (excludes halogenated alkanes) is 3. The molecule has 1 nitrogen and oxygen atoms in total. The van der Waals surface area contributed by atoms with Gasteiger partial charge in [-0.3, -0.25) is 4.90 Å². The van der Waals surface area contributed by atoms with E-state index in [0.29, 0.717) is 0 Å². The lowest BCUT2D eigenvalue weighted by Gasteiger charge is -2.29. The third-order valence-corrected chi connectivity index (χ3v) is 8.09. The summed E-state index contributed by atoms with van der Waals surface area (Å²) in [6.45, 7) is 6.17. The molecule has 0 spiro atoms. The maximum atomic E-state index is 2.95. The molecule has 0 aromatic carbocycles. The highest BCUT2D eigenvalue weighted by Gasteiger charge is 2.44. The van der Waals surface area contributed by atoms with Crippen LogP contribution in [0.1, 0.15) is 123 Å². The molecule has 0 aromatic rings. The fraction of sp³-hybridized carbons (Fsp3) is 1.00. The van der Waals surface area contributed by atoms with E-state index in [-0.39, 0.29) is 0 Å². The molecule has 1 heteroatoms. The molecule has 3 rings (SSSR count). The molecule has 0 aromatic heterocycles. The molecule has 0 amide bonds. The zero-order chi connectivity index (χ0) is 18.2. The van der Waals surface area contributed by atoms with Crippen molar-refractivity contribution < 1.29 is 0 Å². The molecular formula is C25H47N. The highest BCUT2D eigenvalue weighted by atomic mass is 15.3. The van der Waals surface area contributed by atoms with Crippen molar-refractivity contribution in [3.63, 3.8) is 0 Å². The second kappa shape index (κ2) is 11.1. The minimum atomic E-state index is 0.948. The summed E-state index contributed by atoms with van der Waals surface area (Å²) < 4.78 is 0. The first-order valence-corrected chi connectivity index (χ1v) is 12.6. The monoisotopic (exact) mass is 361 g/mol. The van der Waals surface area contributed by atoms with Gasteiger partial charge >= 0.3 is 0 Å². The number of hydrogen-bond donors (Lipinski definition) is 0. The van der Waals surface area contributed by atoms with Gasteiger partial charge in [0.25, 0.3) is 0 Å². The van der Waals surface area contributed by atoms with E-state index in [1.807, 2.05) is 0 Å². The van der Waals surface area contributed by atoms with E-state index >= 15 is 0 Å². The van der Waals surface area contributed by atoms with E-state index in [9.17, 15) is 0 Å². The van der Waals surface area contributed by atoms with Crippen LogP contribution in [0, 0.1) is 17.8 Å². The van der Waals surface area contributed by atoms with Crippen LogP contribution in [-0.2, 0) is 0 Å².